The highest BCUT2D eigenvalue weighted by molar-refractivity contribution is 5.82. The van der Waals surface area contributed by atoms with Crippen molar-refractivity contribution in [1.29, 1.82) is 0 Å². The lowest BCUT2D eigenvalue weighted by Crippen LogP contribution is -2.40. The smallest absolute Gasteiger partial charge is 0.306 e. The van der Waals surface area contributed by atoms with Crippen molar-refractivity contribution < 1.29 is 14.7 Å². The van der Waals surface area contributed by atoms with Gasteiger partial charge in [0.2, 0.25) is 5.91 Å². The first-order valence-corrected chi connectivity index (χ1v) is 7.20. The molecule has 2 atom stereocenters. The minimum atomic E-state index is -0.684. The standard InChI is InChI=1S/C14H21NO3/c16-13(12-10-2-1-3-11(10)12)15-9-6-4-8(5-7-9)14(17)18/h8-12H,1-7H2,(H,15,16)(H,17,18). The van der Waals surface area contributed by atoms with E-state index >= 15 is 0 Å². The zero-order valence-corrected chi connectivity index (χ0v) is 10.6. The Balaban J connectivity index is 1.44. The molecule has 0 saturated heterocycles. The molecule has 4 heteroatoms. The van der Waals surface area contributed by atoms with E-state index in [9.17, 15) is 9.59 Å². The molecule has 0 spiro atoms. The summed E-state index contributed by atoms with van der Waals surface area (Å²) in [5.74, 6) is 0.982. The van der Waals surface area contributed by atoms with Crippen LogP contribution in [0.4, 0.5) is 0 Å². The Morgan fingerprint density at radius 1 is 0.944 bits per heavy atom. The van der Waals surface area contributed by atoms with Gasteiger partial charge in [-0.2, -0.15) is 0 Å². The number of hydrogen-bond acceptors (Lipinski definition) is 2. The van der Waals surface area contributed by atoms with Gasteiger partial charge in [0.05, 0.1) is 5.92 Å². The van der Waals surface area contributed by atoms with Gasteiger partial charge in [0.25, 0.3) is 0 Å². The second-order valence-electron chi connectivity index (χ2n) is 6.18. The summed E-state index contributed by atoms with van der Waals surface area (Å²) in [6, 6.07) is 0.217. The van der Waals surface area contributed by atoms with Gasteiger partial charge in [-0.25, -0.2) is 0 Å². The quantitative estimate of drug-likeness (QED) is 0.803. The van der Waals surface area contributed by atoms with Gasteiger partial charge in [-0.05, 0) is 50.4 Å². The third-order valence-corrected chi connectivity index (χ3v) is 5.13. The molecule has 4 nitrogen and oxygen atoms in total. The average Bonchev–Trinajstić information content (AvgIpc) is 2.84. The summed E-state index contributed by atoms with van der Waals surface area (Å²) in [5, 5.41) is 12.1. The van der Waals surface area contributed by atoms with Crippen molar-refractivity contribution in [2.75, 3.05) is 0 Å². The maximum absolute atomic E-state index is 12.1. The van der Waals surface area contributed by atoms with Gasteiger partial charge in [0.15, 0.2) is 0 Å². The number of nitrogens with one attached hydrogen (secondary N) is 1. The number of carboxylic acid groups (broad SMARTS) is 1. The summed E-state index contributed by atoms with van der Waals surface area (Å²) in [5.41, 5.74) is 0. The van der Waals surface area contributed by atoms with Crippen LogP contribution >= 0.6 is 0 Å². The molecule has 0 aromatic carbocycles. The number of rotatable bonds is 3. The van der Waals surface area contributed by atoms with Crippen molar-refractivity contribution >= 4 is 11.9 Å². The highest BCUT2D eigenvalue weighted by Crippen LogP contribution is 2.57. The largest absolute Gasteiger partial charge is 0.481 e. The minimum Gasteiger partial charge on any atom is -0.481 e. The molecule has 0 aromatic rings. The summed E-state index contributed by atoms with van der Waals surface area (Å²) in [6.07, 6.45) is 6.82. The predicted octanol–water partition coefficient (Wildman–Crippen LogP) is 1.79. The number of carbonyl (C=O) groups excluding carboxylic acids is 1. The molecule has 3 aliphatic rings. The number of amides is 1. The van der Waals surface area contributed by atoms with E-state index in [0.717, 1.165) is 12.8 Å². The Kier molecular flexibility index (Phi) is 3.04. The molecule has 3 saturated carbocycles. The molecule has 0 heterocycles. The molecule has 3 fully saturated rings. The molecule has 1 amide bonds. The van der Waals surface area contributed by atoms with Gasteiger partial charge in [-0.15, -0.1) is 0 Å². The molecule has 0 radical (unpaired) electrons. The topological polar surface area (TPSA) is 66.4 Å². The summed E-state index contributed by atoms with van der Waals surface area (Å²) in [7, 11) is 0. The molecule has 100 valence electrons. The average molecular weight is 251 g/mol. The molecule has 0 aromatic heterocycles. The van der Waals surface area contributed by atoms with E-state index in [4.69, 9.17) is 5.11 Å². The minimum absolute atomic E-state index is 0.196. The zero-order chi connectivity index (χ0) is 12.7. The maximum Gasteiger partial charge on any atom is 0.306 e. The van der Waals surface area contributed by atoms with E-state index in [-0.39, 0.29) is 23.8 Å². The van der Waals surface area contributed by atoms with E-state index in [1.807, 2.05) is 0 Å². The molecule has 3 aliphatic carbocycles. The van der Waals surface area contributed by atoms with Crippen LogP contribution in [0.15, 0.2) is 0 Å². The number of fused-ring (bicyclic) bond motifs is 1. The molecule has 0 bridgehead atoms. The molecule has 2 unspecified atom stereocenters. The van der Waals surface area contributed by atoms with Crippen LogP contribution in [0.2, 0.25) is 0 Å². The summed E-state index contributed by atoms with van der Waals surface area (Å²) in [4.78, 5) is 22.9. The second kappa shape index (κ2) is 4.56. The van der Waals surface area contributed by atoms with Crippen molar-refractivity contribution in [2.45, 2.75) is 51.0 Å². The van der Waals surface area contributed by atoms with Gasteiger partial charge in [-0.3, -0.25) is 9.59 Å². The molecule has 0 aliphatic heterocycles. The Morgan fingerprint density at radius 2 is 1.56 bits per heavy atom. The normalized spacial score (nSPS) is 42.1. The van der Waals surface area contributed by atoms with E-state index in [2.05, 4.69) is 5.32 Å². The fourth-order valence-electron chi connectivity index (χ4n) is 3.99. The number of hydrogen-bond donors (Lipinski definition) is 2. The lowest BCUT2D eigenvalue weighted by Gasteiger charge is -2.27. The van der Waals surface area contributed by atoms with Gasteiger partial charge < -0.3 is 10.4 Å². The summed E-state index contributed by atoms with van der Waals surface area (Å²) >= 11 is 0. The molecule has 2 N–H and O–H groups in total. The third kappa shape index (κ3) is 2.13. The summed E-state index contributed by atoms with van der Waals surface area (Å²) in [6.45, 7) is 0. The van der Waals surface area contributed by atoms with Gasteiger partial charge in [0.1, 0.15) is 0 Å². The van der Waals surface area contributed by atoms with E-state index < -0.39 is 5.97 Å². The fraction of sp³-hybridized carbons (Fsp3) is 0.857. The second-order valence-corrected chi connectivity index (χ2v) is 6.18. The summed E-state index contributed by atoms with van der Waals surface area (Å²) < 4.78 is 0. The molecule has 18 heavy (non-hydrogen) atoms. The maximum atomic E-state index is 12.1. The highest BCUT2D eigenvalue weighted by Gasteiger charge is 2.56. The fourth-order valence-corrected chi connectivity index (χ4v) is 3.99. The Bertz CT molecular complexity index is 350. The van der Waals surface area contributed by atoms with Gasteiger partial charge in [-0.1, -0.05) is 6.42 Å². The van der Waals surface area contributed by atoms with Crippen LogP contribution in [0.3, 0.4) is 0 Å². The van der Waals surface area contributed by atoms with E-state index in [1.165, 1.54) is 19.3 Å². The third-order valence-electron chi connectivity index (χ3n) is 5.13. The Morgan fingerprint density at radius 3 is 2.11 bits per heavy atom. The monoisotopic (exact) mass is 251 g/mol. The molecule has 3 rings (SSSR count). The Labute approximate surface area is 107 Å². The van der Waals surface area contributed by atoms with Crippen molar-refractivity contribution in [2.24, 2.45) is 23.7 Å². The SMILES string of the molecule is O=C(O)C1CCC(NC(=O)C2C3CCCC32)CC1. The van der Waals surface area contributed by atoms with Crippen LogP contribution in [-0.4, -0.2) is 23.0 Å². The predicted molar refractivity (Wildman–Crippen MR) is 65.8 cm³/mol. The van der Waals surface area contributed by atoms with Crippen LogP contribution in [0, 0.1) is 23.7 Å². The Hall–Kier alpha value is -1.06. The van der Waals surface area contributed by atoms with Gasteiger partial charge in [0, 0.05) is 12.0 Å². The number of carbonyl (C=O) groups is 2. The first-order chi connectivity index (χ1) is 8.66. The van der Waals surface area contributed by atoms with Crippen LogP contribution in [0.25, 0.3) is 0 Å². The van der Waals surface area contributed by atoms with Crippen molar-refractivity contribution in [3.63, 3.8) is 0 Å². The number of carboxylic acids is 1. The highest BCUT2D eigenvalue weighted by atomic mass is 16.4. The van der Waals surface area contributed by atoms with Crippen LogP contribution < -0.4 is 5.32 Å². The number of aliphatic carboxylic acids is 1. The van der Waals surface area contributed by atoms with Crippen LogP contribution in [-0.2, 0) is 9.59 Å². The zero-order valence-electron chi connectivity index (χ0n) is 10.6. The van der Waals surface area contributed by atoms with Crippen molar-refractivity contribution in [3.8, 4) is 0 Å². The first-order valence-electron chi connectivity index (χ1n) is 7.20. The van der Waals surface area contributed by atoms with Gasteiger partial charge >= 0.3 is 5.97 Å². The first kappa shape index (κ1) is 12.0. The lowest BCUT2D eigenvalue weighted by atomic mass is 9.86. The van der Waals surface area contributed by atoms with Crippen LogP contribution in [0.5, 0.6) is 0 Å². The van der Waals surface area contributed by atoms with E-state index in [0.29, 0.717) is 24.7 Å². The molecular weight excluding hydrogens is 230 g/mol. The lowest BCUT2D eigenvalue weighted by molar-refractivity contribution is -0.142. The van der Waals surface area contributed by atoms with Crippen LogP contribution in [0.1, 0.15) is 44.9 Å². The van der Waals surface area contributed by atoms with E-state index in [1.54, 1.807) is 0 Å². The molecular formula is C14H21NO3. The van der Waals surface area contributed by atoms with Crippen molar-refractivity contribution in [1.82, 2.24) is 5.32 Å². The van der Waals surface area contributed by atoms with Crippen molar-refractivity contribution in [3.05, 3.63) is 0 Å².